The number of anilines is 2. The summed E-state index contributed by atoms with van der Waals surface area (Å²) in [5.74, 6) is -0.249. The van der Waals surface area contributed by atoms with E-state index >= 15 is 0 Å². The van der Waals surface area contributed by atoms with E-state index in [0.29, 0.717) is 5.69 Å². The molecule has 3 heterocycles. The minimum atomic E-state index is -0.249. The minimum absolute atomic E-state index is 0.249. The van der Waals surface area contributed by atoms with Gasteiger partial charge in [0.2, 0.25) is 0 Å². The fraction of sp³-hybridized carbons (Fsp3) is 0.375. The summed E-state index contributed by atoms with van der Waals surface area (Å²) in [7, 11) is 0. The molecular formula is C16H19FN4. The van der Waals surface area contributed by atoms with Crippen molar-refractivity contribution in [1.29, 1.82) is 0 Å². The number of halogens is 1. The third-order valence-electron chi connectivity index (χ3n) is 3.80. The lowest BCUT2D eigenvalue weighted by molar-refractivity contribution is 0.593. The van der Waals surface area contributed by atoms with Gasteiger partial charge in [-0.2, -0.15) is 0 Å². The SMILES string of the molecule is Cc1cc(N2CCN(c3ccncc3F)CC2)cc(C)n1. The molecule has 3 rings (SSSR count). The molecule has 0 spiro atoms. The molecule has 0 bridgehead atoms. The van der Waals surface area contributed by atoms with Crippen LogP contribution in [0.25, 0.3) is 0 Å². The number of piperazine rings is 1. The summed E-state index contributed by atoms with van der Waals surface area (Å²) in [6, 6.07) is 5.96. The van der Waals surface area contributed by atoms with E-state index in [0.717, 1.165) is 37.6 Å². The van der Waals surface area contributed by atoms with E-state index in [1.54, 1.807) is 12.3 Å². The first-order chi connectivity index (χ1) is 10.1. The number of hydrogen-bond acceptors (Lipinski definition) is 4. The van der Waals surface area contributed by atoms with Crippen LogP contribution >= 0.6 is 0 Å². The third kappa shape index (κ3) is 2.96. The predicted octanol–water partition coefficient (Wildman–Crippen LogP) is 2.56. The molecule has 1 aliphatic heterocycles. The first kappa shape index (κ1) is 13.8. The molecule has 2 aromatic heterocycles. The summed E-state index contributed by atoms with van der Waals surface area (Å²) in [4.78, 5) is 12.6. The van der Waals surface area contributed by atoms with Gasteiger partial charge in [0.25, 0.3) is 0 Å². The summed E-state index contributed by atoms with van der Waals surface area (Å²) in [5.41, 5.74) is 3.92. The summed E-state index contributed by atoms with van der Waals surface area (Å²) in [6.45, 7) is 7.40. The number of aromatic nitrogens is 2. The molecule has 21 heavy (non-hydrogen) atoms. The van der Waals surface area contributed by atoms with Gasteiger partial charge in [-0.3, -0.25) is 9.97 Å². The number of aryl methyl sites for hydroxylation is 2. The minimum Gasteiger partial charge on any atom is -0.368 e. The molecule has 0 unspecified atom stereocenters. The third-order valence-corrected chi connectivity index (χ3v) is 3.80. The van der Waals surface area contributed by atoms with Crippen LogP contribution in [-0.4, -0.2) is 36.1 Å². The molecule has 0 aromatic carbocycles. The second-order valence-electron chi connectivity index (χ2n) is 5.41. The fourth-order valence-electron chi connectivity index (χ4n) is 2.82. The van der Waals surface area contributed by atoms with Crippen LogP contribution in [0.15, 0.2) is 30.6 Å². The van der Waals surface area contributed by atoms with Crippen molar-refractivity contribution in [1.82, 2.24) is 9.97 Å². The van der Waals surface area contributed by atoms with Crippen LogP contribution in [0.4, 0.5) is 15.8 Å². The summed E-state index contributed by atoms with van der Waals surface area (Å²) in [5, 5.41) is 0. The van der Waals surface area contributed by atoms with E-state index in [1.165, 1.54) is 11.9 Å². The lowest BCUT2D eigenvalue weighted by Crippen LogP contribution is -2.46. The molecule has 5 heteroatoms. The molecule has 2 aromatic rings. The van der Waals surface area contributed by atoms with Crippen LogP contribution in [0.5, 0.6) is 0 Å². The molecule has 0 amide bonds. The predicted molar refractivity (Wildman–Crippen MR) is 82.3 cm³/mol. The van der Waals surface area contributed by atoms with E-state index in [-0.39, 0.29) is 5.82 Å². The van der Waals surface area contributed by atoms with Crippen molar-refractivity contribution < 1.29 is 4.39 Å². The van der Waals surface area contributed by atoms with Gasteiger partial charge in [-0.05, 0) is 32.0 Å². The summed E-state index contributed by atoms with van der Waals surface area (Å²) < 4.78 is 13.8. The van der Waals surface area contributed by atoms with Crippen molar-refractivity contribution in [2.45, 2.75) is 13.8 Å². The summed E-state index contributed by atoms with van der Waals surface area (Å²) >= 11 is 0. The molecule has 1 saturated heterocycles. The Kier molecular flexibility index (Phi) is 3.73. The van der Waals surface area contributed by atoms with Crippen molar-refractivity contribution in [3.63, 3.8) is 0 Å². The normalized spacial score (nSPS) is 15.4. The second kappa shape index (κ2) is 5.68. The van der Waals surface area contributed by atoms with Crippen LogP contribution in [0.2, 0.25) is 0 Å². The van der Waals surface area contributed by atoms with Crippen LogP contribution in [-0.2, 0) is 0 Å². The van der Waals surface area contributed by atoms with Crippen LogP contribution < -0.4 is 9.80 Å². The lowest BCUT2D eigenvalue weighted by Gasteiger charge is -2.37. The van der Waals surface area contributed by atoms with Crippen molar-refractivity contribution in [3.05, 3.63) is 47.8 Å². The standard InChI is InChI=1S/C16H19FN4/c1-12-9-14(10-13(2)19-12)20-5-7-21(8-6-20)16-3-4-18-11-15(16)17/h3-4,9-11H,5-8H2,1-2H3. The van der Waals surface area contributed by atoms with Gasteiger partial charge in [0.1, 0.15) is 0 Å². The monoisotopic (exact) mass is 286 g/mol. The Hall–Kier alpha value is -2.17. The van der Waals surface area contributed by atoms with Crippen molar-refractivity contribution in [3.8, 4) is 0 Å². The Morgan fingerprint density at radius 3 is 2.24 bits per heavy atom. The zero-order valence-electron chi connectivity index (χ0n) is 12.4. The molecule has 0 aliphatic carbocycles. The molecule has 0 radical (unpaired) electrons. The smallest absolute Gasteiger partial charge is 0.164 e. The van der Waals surface area contributed by atoms with E-state index in [4.69, 9.17) is 0 Å². The number of hydrogen-bond donors (Lipinski definition) is 0. The van der Waals surface area contributed by atoms with Gasteiger partial charge in [0.05, 0.1) is 11.9 Å². The van der Waals surface area contributed by atoms with Gasteiger partial charge >= 0.3 is 0 Å². The van der Waals surface area contributed by atoms with E-state index in [9.17, 15) is 4.39 Å². The number of rotatable bonds is 2. The first-order valence-corrected chi connectivity index (χ1v) is 7.18. The zero-order valence-corrected chi connectivity index (χ0v) is 12.4. The average molecular weight is 286 g/mol. The molecule has 1 aliphatic rings. The average Bonchev–Trinajstić information content (AvgIpc) is 2.47. The number of nitrogens with zero attached hydrogens (tertiary/aromatic N) is 4. The van der Waals surface area contributed by atoms with Gasteiger partial charge in [-0.25, -0.2) is 4.39 Å². The highest BCUT2D eigenvalue weighted by Crippen LogP contribution is 2.23. The Morgan fingerprint density at radius 1 is 1.00 bits per heavy atom. The lowest BCUT2D eigenvalue weighted by atomic mass is 10.2. The van der Waals surface area contributed by atoms with Crippen molar-refractivity contribution in [2.75, 3.05) is 36.0 Å². The van der Waals surface area contributed by atoms with E-state index in [1.807, 2.05) is 13.8 Å². The Labute approximate surface area is 124 Å². The van der Waals surface area contributed by atoms with E-state index in [2.05, 4.69) is 31.9 Å². The molecule has 1 fully saturated rings. The zero-order chi connectivity index (χ0) is 14.8. The van der Waals surface area contributed by atoms with Gasteiger partial charge < -0.3 is 9.80 Å². The molecular weight excluding hydrogens is 267 g/mol. The Morgan fingerprint density at radius 2 is 1.62 bits per heavy atom. The highest BCUT2D eigenvalue weighted by Gasteiger charge is 2.20. The van der Waals surface area contributed by atoms with Gasteiger partial charge in [0, 0.05) is 49.5 Å². The maximum absolute atomic E-state index is 13.8. The maximum Gasteiger partial charge on any atom is 0.164 e. The second-order valence-corrected chi connectivity index (χ2v) is 5.41. The summed E-state index contributed by atoms with van der Waals surface area (Å²) in [6.07, 6.45) is 2.91. The number of pyridine rings is 2. The highest BCUT2D eigenvalue weighted by molar-refractivity contribution is 5.52. The molecule has 110 valence electrons. The van der Waals surface area contributed by atoms with Gasteiger partial charge in [-0.1, -0.05) is 0 Å². The largest absolute Gasteiger partial charge is 0.368 e. The molecule has 4 nitrogen and oxygen atoms in total. The highest BCUT2D eigenvalue weighted by atomic mass is 19.1. The topological polar surface area (TPSA) is 32.3 Å². The van der Waals surface area contributed by atoms with Crippen LogP contribution in [0.3, 0.4) is 0 Å². The van der Waals surface area contributed by atoms with E-state index < -0.39 is 0 Å². The molecule has 0 saturated carbocycles. The quantitative estimate of drug-likeness (QED) is 0.849. The Bertz CT molecular complexity index is 616. The fourth-order valence-corrected chi connectivity index (χ4v) is 2.82. The van der Waals surface area contributed by atoms with Crippen molar-refractivity contribution in [2.24, 2.45) is 0 Å². The van der Waals surface area contributed by atoms with Crippen LogP contribution in [0, 0.1) is 19.7 Å². The molecule has 0 atom stereocenters. The Balaban J connectivity index is 1.72. The van der Waals surface area contributed by atoms with Crippen LogP contribution in [0.1, 0.15) is 11.4 Å². The molecule has 0 N–H and O–H groups in total. The van der Waals surface area contributed by atoms with Gasteiger partial charge in [0.15, 0.2) is 5.82 Å². The van der Waals surface area contributed by atoms with Gasteiger partial charge in [-0.15, -0.1) is 0 Å². The van der Waals surface area contributed by atoms with Crippen molar-refractivity contribution >= 4 is 11.4 Å². The maximum atomic E-state index is 13.8. The first-order valence-electron chi connectivity index (χ1n) is 7.18.